The highest BCUT2D eigenvalue weighted by atomic mass is 16.1. The van der Waals surface area contributed by atoms with Gasteiger partial charge in [-0.3, -0.25) is 4.79 Å². The van der Waals surface area contributed by atoms with E-state index in [1.54, 1.807) is 12.3 Å². The van der Waals surface area contributed by atoms with Gasteiger partial charge in [0.05, 0.1) is 5.56 Å². The Kier molecular flexibility index (Phi) is 2.99. The summed E-state index contributed by atoms with van der Waals surface area (Å²) in [5.74, 6) is -0.140. The van der Waals surface area contributed by atoms with Crippen molar-refractivity contribution in [3.05, 3.63) is 65.6 Å². The number of amides is 1. The predicted octanol–water partition coefficient (Wildman–Crippen LogP) is 3.20. The second kappa shape index (κ2) is 4.81. The molecule has 0 unspecified atom stereocenters. The number of carbonyl (C=O) groups excluding carboxylic acids is 1. The maximum absolute atomic E-state index is 12.5. The van der Waals surface area contributed by atoms with Gasteiger partial charge in [-0.15, -0.1) is 0 Å². The van der Waals surface area contributed by atoms with E-state index < -0.39 is 0 Å². The summed E-state index contributed by atoms with van der Waals surface area (Å²) in [6.45, 7) is 3.97. The third kappa shape index (κ3) is 2.05. The number of aromatic nitrogens is 2. The Hall–Kier alpha value is -2.62. The van der Waals surface area contributed by atoms with Gasteiger partial charge in [-0.05, 0) is 37.1 Å². The molecule has 0 spiro atoms. The number of hydrogen-bond donors (Lipinski definition) is 1. The van der Waals surface area contributed by atoms with Crippen LogP contribution in [0.15, 0.2) is 48.9 Å². The van der Waals surface area contributed by atoms with Crippen molar-refractivity contribution >= 4 is 17.2 Å². The van der Waals surface area contributed by atoms with Gasteiger partial charge in [0.2, 0.25) is 0 Å². The summed E-state index contributed by atoms with van der Waals surface area (Å²) >= 11 is 0. The van der Waals surface area contributed by atoms with E-state index in [-0.39, 0.29) is 5.91 Å². The molecule has 1 N–H and O–H groups in total. The fourth-order valence-corrected chi connectivity index (χ4v) is 2.32. The van der Waals surface area contributed by atoms with E-state index in [9.17, 15) is 4.79 Å². The summed E-state index contributed by atoms with van der Waals surface area (Å²) in [6, 6.07) is 9.58. The normalized spacial score (nSPS) is 10.7. The van der Waals surface area contributed by atoms with Crippen LogP contribution in [0.25, 0.3) is 5.65 Å². The topological polar surface area (TPSA) is 46.4 Å². The number of benzene rings is 1. The molecule has 4 heteroatoms. The first-order chi connectivity index (χ1) is 9.66. The summed E-state index contributed by atoms with van der Waals surface area (Å²) in [5, 5.41) is 2.98. The number of pyridine rings is 1. The van der Waals surface area contributed by atoms with Gasteiger partial charge in [-0.1, -0.05) is 18.2 Å². The van der Waals surface area contributed by atoms with E-state index in [4.69, 9.17) is 0 Å². The fourth-order valence-electron chi connectivity index (χ4n) is 2.32. The minimum absolute atomic E-state index is 0.140. The molecule has 0 aliphatic heterocycles. The van der Waals surface area contributed by atoms with Crippen LogP contribution in [0.1, 0.15) is 21.5 Å². The average molecular weight is 265 g/mol. The van der Waals surface area contributed by atoms with Crippen molar-refractivity contribution < 1.29 is 4.79 Å². The summed E-state index contributed by atoms with van der Waals surface area (Å²) in [4.78, 5) is 16.7. The van der Waals surface area contributed by atoms with Crippen LogP contribution in [0.4, 0.5) is 5.69 Å². The zero-order valence-corrected chi connectivity index (χ0v) is 11.4. The largest absolute Gasteiger partial charge is 0.321 e. The molecule has 0 aliphatic carbocycles. The summed E-state index contributed by atoms with van der Waals surface area (Å²) < 4.78 is 1.83. The second-order valence-electron chi connectivity index (χ2n) is 4.80. The van der Waals surface area contributed by atoms with Crippen LogP contribution < -0.4 is 5.32 Å². The summed E-state index contributed by atoms with van der Waals surface area (Å²) in [6.07, 6.45) is 5.38. The molecule has 0 aliphatic rings. The van der Waals surface area contributed by atoms with Gasteiger partial charge in [0.15, 0.2) is 0 Å². The molecule has 2 aromatic heterocycles. The van der Waals surface area contributed by atoms with Crippen LogP contribution >= 0.6 is 0 Å². The highest BCUT2D eigenvalue weighted by Gasteiger charge is 2.13. The first kappa shape index (κ1) is 12.4. The molecule has 2 heterocycles. The van der Waals surface area contributed by atoms with Crippen LogP contribution in [0.2, 0.25) is 0 Å². The molecule has 1 aromatic carbocycles. The van der Waals surface area contributed by atoms with Crippen molar-refractivity contribution in [2.45, 2.75) is 13.8 Å². The lowest BCUT2D eigenvalue weighted by Gasteiger charge is -2.11. The van der Waals surface area contributed by atoms with E-state index >= 15 is 0 Å². The zero-order chi connectivity index (χ0) is 14.1. The molecule has 0 bridgehead atoms. The quantitative estimate of drug-likeness (QED) is 0.773. The number of aryl methyl sites for hydroxylation is 2. The number of imidazole rings is 1. The number of carbonyl (C=O) groups is 1. The summed E-state index contributed by atoms with van der Waals surface area (Å²) in [5.41, 5.74) is 4.20. The Morgan fingerprint density at radius 1 is 1.10 bits per heavy atom. The number of nitrogens with one attached hydrogen (secondary N) is 1. The van der Waals surface area contributed by atoms with Gasteiger partial charge in [-0.2, -0.15) is 0 Å². The third-order valence-electron chi connectivity index (χ3n) is 3.38. The molecule has 20 heavy (non-hydrogen) atoms. The highest BCUT2D eigenvalue weighted by Crippen LogP contribution is 2.21. The molecular weight excluding hydrogens is 250 g/mol. The van der Waals surface area contributed by atoms with Crippen LogP contribution in [0, 0.1) is 13.8 Å². The van der Waals surface area contributed by atoms with Crippen LogP contribution in [-0.2, 0) is 0 Å². The first-order valence-electron chi connectivity index (χ1n) is 6.46. The van der Waals surface area contributed by atoms with E-state index in [0.717, 1.165) is 16.8 Å². The first-order valence-corrected chi connectivity index (χ1v) is 6.46. The monoisotopic (exact) mass is 265 g/mol. The Morgan fingerprint density at radius 3 is 2.60 bits per heavy atom. The minimum Gasteiger partial charge on any atom is -0.321 e. The number of fused-ring (bicyclic) bond motifs is 1. The molecule has 0 saturated carbocycles. The standard InChI is InChI=1S/C16H15N3O/c1-11-5-3-6-12(2)14(11)18-16(20)13-7-4-9-19-10-8-17-15(13)19/h3-10H,1-2H3,(H,18,20). The zero-order valence-electron chi connectivity index (χ0n) is 11.4. The van der Waals surface area contributed by atoms with Gasteiger partial charge < -0.3 is 9.72 Å². The predicted molar refractivity (Wildman–Crippen MR) is 79.1 cm³/mol. The van der Waals surface area contributed by atoms with Gasteiger partial charge in [-0.25, -0.2) is 4.98 Å². The second-order valence-corrected chi connectivity index (χ2v) is 4.80. The molecule has 0 saturated heterocycles. The number of anilines is 1. The van der Waals surface area contributed by atoms with Crippen LogP contribution in [-0.4, -0.2) is 15.3 Å². The van der Waals surface area contributed by atoms with Gasteiger partial charge in [0, 0.05) is 24.3 Å². The number of para-hydroxylation sites is 1. The molecule has 0 radical (unpaired) electrons. The van der Waals surface area contributed by atoms with Gasteiger partial charge in [0.25, 0.3) is 5.91 Å². The van der Waals surface area contributed by atoms with Crippen molar-refractivity contribution in [3.8, 4) is 0 Å². The smallest absolute Gasteiger partial charge is 0.259 e. The average Bonchev–Trinajstić information content (AvgIpc) is 2.91. The Labute approximate surface area is 117 Å². The Balaban J connectivity index is 2.00. The van der Waals surface area contributed by atoms with Crippen molar-refractivity contribution in [2.75, 3.05) is 5.32 Å². The molecular formula is C16H15N3O. The Morgan fingerprint density at radius 2 is 1.85 bits per heavy atom. The summed E-state index contributed by atoms with van der Waals surface area (Å²) in [7, 11) is 0. The maximum Gasteiger partial charge on any atom is 0.259 e. The van der Waals surface area contributed by atoms with Gasteiger partial charge >= 0.3 is 0 Å². The Bertz CT molecular complexity index is 769. The number of nitrogens with zero attached hydrogens (tertiary/aromatic N) is 2. The van der Waals surface area contributed by atoms with Crippen molar-refractivity contribution in [1.29, 1.82) is 0 Å². The lowest BCUT2D eigenvalue weighted by molar-refractivity contribution is 0.102. The van der Waals surface area contributed by atoms with Crippen molar-refractivity contribution in [1.82, 2.24) is 9.38 Å². The van der Waals surface area contributed by atoms with Crippen molar-refractivity contribution in [3.63, 3.8) is 0 Å². The van der Waals surface area contributed by atoms with E-state index in [0.29, 0.717) is 11.2 Å². The van der Waals surface area contributed by atoms with Gasteiger partial charge in [0.1, 0.15) is 5.65 Å². The van der Waals surface area contributed by atoms with E-state index in [1.165, 1.54) is 0 Å². The minimum atomic E-state index is -0.140. The van der Waals surface area contributed by atoms with Crippen LogP contribution in [0.5, 0.6) is 0 Å². The molecule has 1 amide bonds. The lowest BCUT2D eigenvalue weighted by Crippen LogP contribution is -2.15. The number of rotatable bonds is 2. The van der Waals surface area contributed by atoms with Crippen molar-refractivity contribution in [2.24, 2.45) is 0 Å². The number of hydrogen-bond acceptors (Lipinski definition) is 2. The molecule has 4 nitrogen and oxygen atoms in total. The third-order valence-corrected chi connectivity index (χ3v) is 3.38. The SMILES string of the molecule is Cc1cccc(C)c1NC(=O)c1cccn2ccnc12. The fraction of sp³-hybridized carbons (Fsp3) is 0.125. The molecule has 3 aromatic rings. The maximum atomic E-state index is 12.5. The van der Waals surface area contributed by atoms with Crippen LogP contribution in [0.3, 0.4) is 0 Å². The molecule has 3 rings (SSSR count). The molecule has 0 fully saturated rings. The lowest BCUT2D eigenvalue weighted by atomic mass is 10.1. The van der Waals surface area contributed by atoms with E-state index in [1.807, 2.05) is 54.9 Å². The van der Waals surface area contributed by atoms with E-state index in [2.05, 4.69) is 10.3 Å². The molecule has 0 atom stereocenters. The molecule has 100 valence electrons. The highest BCUT2D eigenvalue weighted by molar-refractivity contribution is 6.08.